The van der Waals surface area contributed by atoms with Gasteiger partial charge in [-0.2, -0.15) is 0 Å². The maximum atomic E-state index is 10.6. The monoisotopic (exact) mass is 204 g/mol. The molecule has 6 nitrogen and oxygen atoms in total. The van der Waals surface area contributed by atoms with Crippen LogP contribution in [0.15, 0.2) is 12.2 Å². The normalized spacial score (nSPS) is 14.9. The number of carbonyl (C=O) groups is 2. The number of aliphatic hydroxyl groups excluding tert-OH is 2. The molecule has 0 heterocycles. The zero-order valence-corrected chi connectivity index (χ0v) is 7.84. The van der Waals surface area contributed by atoms with Gasteiger partial charge >= 0.3 is 11.9 Å². The Labute approximate surface area is 80.7 Å². The van der Waals surface area contributed by atoms with Crippen LogP contribution in [-0.2, 0) is 19.1 Å². The minimum absolute atomic E-state index is 0.877. The van der Waals surface area contributed by atoms with E-state index in [1.807, 2.05) is 0 Å². The Morgan fingerprint density at radius 1 is 1.00 bits per heavy atom. The van der Waals surface area contributed by atoms with Crippen molar-refractivity contribution in [3.63, 3.8) is 0 Å². The van der Waals surface area contributed by atoms with E-state index in [-0.39, 0.29) is 0 Å². The van der Waals surface area contributed by atoms with E-state index in [0.29, 0.717) is 0 Å². The second-order valence-electron chi connectivity index (χ2n) is 2.32. The lowest BCUT2D eigenvalue weighted by Crippen LogP contribution is -2.22. The van der Waals surface area contributed by atoms with Crippen LogP contribution in [0.3, 0.4) is 0 Å². The largest absolute Gasteiger partial charge is 0.467 e. The van der Waals surface area contributed by atoms with Crippen molar-refractivity contribution in [3.8, 4) is 0 Å². The van der Waals surface area contributed by atoms with Crippen molar-refractivity contribution >= 4 is 11.9 Å². The van der Waals surface area contributed by atoms with Gasteiger partial charge in [0.1, 0.15) is 0 Å². The summed E-state index contributed by atoms with van der Waals surface area (Å²) in [6.07, 6.45) is -1.13. The van der Waals surface area contributed by atoms with Gasteiger partial charge in [-0.25, -0.2) is 9.59 Å². The average Bonchev–Trinajstić information content (AvgIpc) is 2.22. The SMILES string of the molecule is COC(=O)[C@H](O)/C=C/[C@H](O)C(=O)OC. The molecule has 2 N–H and O–H groups in total. The van der Waals surface area contributed by atoms with E-state index in [1.54, 1.807) is 0 Å². The van der Waals surface area contributed by atoms with Crippen molar-refractivity contribution in [1.29, 1.82) is 0 Å². The Kier molecular flexibility index (Phi) is 5.50. The molecule has 0 radical (unpaired) electrons. The number of carbonyl (C=O) groups excluding carboxylic acids is 2. The van der Waals surface area contributed by atoms with Crippen molar-refractivity contribution < 1.29 is 29.3 Å². The third kappa shape index (κ3) is 4.01. The zero-order valence-electron chi connectivity index (χ0n) is 7.84. The third-order valence-electron chi connectivity index (χ3n) is 1.36. The lowest BCUT2D eigenvalue weighted by atomic mass is 10.2. The van der Waals surface area contributed by atoms with Crippen LogP contribution >= 0.6 is 0 Å². The Balaban J connectivity index is 4.16. The van der Waals surface area contributed by atoms with Crippen LogP contribution in [0.4, 0.5) is 0 Å². The molecular formula is C8H12O6. The first-order valence-corrected chi connectivity index (χ1v) is 3.73. The second-order valence-corrected chi connectivity index (χ2v) is 2.32. The second kappa shape index (κ2) is 6.11. The van der Waals surface area contributed by atoms with E-state index in [2.05, 4.69) is 9.47 Å². The van der Waals surface area contributed by atoms with Gasteiger partial charge in [0.15, 0.2) is 12.2 Å². The Morgan fingerprint density at radius 3 is 1.50 bits per heavy atom. The van der Waals surface area contributed by atoms with Gasteiger partial charge in [-0.15, -0.1) is 0 Å². The van der Waals surface area contributed by atoms with Crippen LogP contribution in [0.5, 0.6) is 0 Å². The minimum Gasteiger partial charge on any atom is -0.467 e. The maximum Gasteiger partial charge on any atom is 0.338 e. The third-order valence-corrected chi connectivity index (χ3v) is 1.36. The van der Waals surface area contributed by atoms with Crippen molar-refractivity contribution in [2.45, 2.75) is 12.2 Å². The summed E-state index contributed by atoms with van der Waals surface area (Å²) in [5.41, 5.74) is 0. The summed E-state index contributed by atoms with van der Waals surface area (Å²) in [6, 6.07) is 0. The highest BCUT2D eigenvalue weighted by atomic mass is 16.5. The predicted molar refractivity (Wildman–Crippen MR) is 45.2 cm³/mol. The maximum absolute atomic E-state index is 10.6. The summed E-state index contributed by atoms with van der Waals surface area (Å²) < 4.78 is 8.39. The van der Waals surface area contributed by atoms with Gasteiger partial charge in [0.05, 0.1) is 14.2 Å². The van der Waals surface area contributed by atoms with Crippen molar-refractivity contribution in [2.24, 2.45) is 0 Å². The number of esters is 2. The van der Waals surface area contributed by atoms with Gasteiger partial charge < -0.3 is 19.7 Å². The molecule has 14 heavy (non-hydrogen) atoms. The summed E-state index contributed by atoms with van der Waals surface area (Å²) in [5, 5.41) is 18.0. The number of methoxy groups -OCH3 is 2. The molecule has 0 aliphatic rings. The molecule has 0 spiro atoms. The molecule has 0 rings (SSSR count). The minimum atomic E-state index is -1.50. The van der Waals surface area contributed by atoms with Crippen LogP contribution in [-0.4, -0.2) is 48.6 Å². The molecule has 6 heteroatoms. The summed E-state index contributed by atoms with van der Waals surface area (Å²) in [7, 11) is 2.21. The fraction of sp³-hybridized carbons (Fsp3) is 0.500. The van der Waals surface area contributed by atoms with Gasteiger partial charge in [0.2, 0.25) is 0 Å². The summed E-state index contributed by atoms with van der Waals surface area (Å²) in [4.78, 5) is 21.3. The van der Waals surface area contributed by atoms with E-state index in [9.17, 15) is 9.59 Å². The predicted octanol–water partition coefficient (Wildman–Crippen LogP) is -1.39. The quantitative estimate of drug-likeness (QED) is 0.432. The number of rotatable bonds is 4. The molecule has 0 aromatic carbocycles. The van der Waals surface area contributed by atoms with Crippen molar-refractivity contribution in [2.75, 3.05) is 14.2 Å². The zero-order chi connectivity index (χ0) is 11.1. The summed E-state index contributed by atoms with van der Waals surface area (Å²) in [5.74, 6) is -1.75. The van der Waals surface area contributed by atoms with Crippen LogP contribution in [0.2, 0.25) is 0 Å². The number of aliphatic hydroxyl groups is 2. The van der Waals surface area contributed by atoms with Gasteiger partial charge in [0.25, 0.3) is 0 Å². The van der Waals surface area contributed by atoms with Gasteiger partial charge in [-0.3, -0.25) is 0 Å². The first kappa shape index (κ1) is 12.6. The molecule has 2 atom stereocenters. The van der Waals surface area contributed by atoms with E-state index in [4.69, 9.17) is 10.2 Å². The Bertz CT molecular complexity index is 210. The number of hydrogen-bond donors (Lipinski definition) is 2. The standard InChI is InChI=1S/C8H12O6/c1-13-7(11)5(9)3-4-6(10)8(12)14-2/h3-6,9-10H,1-2H3/b4-3+/t5-,6+. The Hall–Kier alpha value is -1.40. The molecule has 0 aromatic rings. The smallest absolute Gasteiger partial charge is 0.338 e. The fourth-order valence-corrected chi connectivity index (χ4v) is 0.609. The highest BCUT2D eigenvalue weighted by Crippen LogP contribution is 1.94. The first-order chi connectivity index (χ1) is 6.52. The molecule has 0 aromatic heterocycles. The van der Waals surface area contributed by atoms with Crippen LogP contribution in [0.25, 0.3) is 0 Å². The average molecular weight is 204 g/mol. The van der Waals surface area contributed by atoms with Crippen molar-refractivity contribution in [1.82, 2.24) is 0 Å². The van der Waals surface area contributed by atoms with Crippen LogP contribution < -0.4 is 0 Å². The van der Waals surface area contributed by atoms with E-state index in [1.165, 1.54) is 0 Å². The highest BCUT2D eigenvalue weighted by molar-refractivity contribution is 5.78. The summed E-state index contributed by atoms with van der Waals surface area (Å²) >= 11 is 0. The molecule has 0 unspecified atom stereocenters. The van der Waals surface area contributed by atoms with Gasteiger partial charge in [-0.1, -0.05) is 0 Å². The number of hydrogen-bond acceptors (Lipinski definition) is 6. The number of ether oxygens (including phenoxy) is 2. The first-order valence-electron chi connectivity index (χ1n) is 3.73. The molecule has 0 amide bonds. The highest BCUT2D eigenvalue weighted by Gasteiger charge is 2.15. The van der Waals surface area contributed by atoms with Crippen molar-refractivity contribution in [3.05, 3.63) is 12.2 Å². The fourth-order valence-electron chi connectivity index (χ4n) is 0.609. The van der Waals surface area contributed by atoms with Crippen LogP contribution in [0.1, 0.15) is 0 Å². The van der Waals surface area contributed by atoms with Gasteiger partial charge in [0, 0.05) is 0 Å². The molecule has 0 saturated heterocycles. The Morgan fingerprint density at radius 2 is 1.29 bits per heavy atom. The molecule has 0 aliphatic carbocycles. The van der Waals surface area contributed by atoms with E-state index < -0.39 is 24.1 Å². The van der Waals surface area contributed by atoms with Crippen LogP contribution in [0, 0.1) is 0 Å². The molecular weight excluding hydrogens is 192 g/mol. The molecule has 0 bridgehead atoms. The topological polar surface area (TPSA) is 93.1 Å². The van der Waals surface area contributed by atoms with E-state index >= 15 is 0 Å². The molecule has 0 saturated carbocycles. The lowest BCUT2D eigenvalue weighted by Gasteiger charge is -2.04. The molecule has 80 valence electrons. The molecule has 0 fully saturated rings. The van der Waals surface area contributed by atoms with E-state index in [0.717, 1.165) is 26.4 Å². The van der Waals surface area contributed by atoms with Gasteiger partial charge in [-0.05, 0) is 12.2 Å². The lowest BCUT2D eigenvalue weighted by molar-refractivity contribution is -0.149. The summed E-state index contributed by atoms with van der Waals surface area (Å²) in [6.45, 7) is 0. The molecule has 0 aliphatic heterocycles.